The van der Waals surface area contributed by atoms with Crippen LogP contribution in [0.1, 0.15) is 43.2 Å². The average Bonchev–Trinajstić information content (AvgIpc) is 2.95. The van der Waals surface area contributed by atoms with E-state index in [1.165, 1.54) is 0 Å². The van der Waals surface area contributed by atoms with Crippen molar-refractivity contribution in [3.63, 3.8) is 0 Å². The van der Waals surface area contributed by atoms with E-state index in [2.05, 4.69) is 15.5 Å². The highest BCUT2D eigenvalue weighted by atomic mass is 16.6. The number of amides is 2. The maximum Gasteiger partial charge on any atom is 0.410 e. The fourth-order valence-corrected chi connectivity index (χ4v) is 3.09. The van der Waals surface area contributed by atoms with Gasteiger partial charge in [-0.3, -0.25) is 9.89 Å². The van der Waals surface area contributed by atoms with E-state index in [9.17, 15) is 9.59 Å². The first kappa shape index (κ1) is 18.9. The van der Waals surface area contributed by atoms with Crippen molar-refractivity contribution in [3.05, 3.63) is 46.6 Å². The third kappa shape index (κ3) is 4.87. The molecule has 27 heavy (non-hydrogen) atoms. The summed E-state index contributed by atoms with van der Waals surface area (Å²) in [6, 6.07) is 7.88. The monoisotopic (exact) mass is 370 g/mol. The lowest BCUT2D eigenvalue weighted by molar-refractivity contribution is -0.115. The van der Waals surface area contributed by atoms with Crippen LogP contribution < -0.4 is 5.32 Å². The number of nitrogens with zero attached hydrogens (tertiary/aromatic N) is 2. The van der Waals surface area contributed by atoms with Crippen LogP contribution in [0.2, 0.25) is 0 Å². The fraction of sp³-hybridized carbons (Fsp3) is 0.450. The van der Waals surface area contributed by atoms with Crippen molar-refractivity contribution in [2.75, 3.05) is 11.9 Å². The third-order valence-electron chi connectivity index (χ3n) is 4.29. The lowest BCUT2D eigenvalue weighted by atomic mass is 10.1. The minimum Gasteiger partial charge on any atom is -0.444 e. The quantitative estimate of drug-likeness (QED) is 0.869. The molecule has 1 aromatic heterocycles. The van der Waals surface area contributed by atoms with Gasteiger partial charge in [-0.1, -0.05) is 29.8 Å². The molecule has 0 bridgehead atoms. The number of aryl methyl sites for hydroxylation is 1. The normalized spacial score (nSPS) is 13.9. The van der Waals surface area contributed by atoms with Crippen LogP contribution in [0.4, 0.5) is 10.6 Å². The molecule has 0 aliphatic carbocycles. The number of carbonyl (C=O) groups is 2. The van der Waals surface area contributed by atoms with Crippen LogP contribution >= 0.6 is 0 Å². The van der Waals surface area contributed by atoms with Crippen LogP contribution in [0, 0.1) is 6.92 Å². The average molecular weight is 370 g/mol. The standard InChI is InChI=1S/C20H26N4O3/c1-13-6-5-7-14(10-13)11-17(25)21-18-15-8-9-24(12-16(15)22-23-18)19(26)27-20(2,3)4/h5-7,10H,8-9,11-12H2,1-4H3,(H2,21,22,23,25). The first-order chi connectivity index (χ1) is 12.7. The largest absolute Gasteiger partial charge is 0.444 e. The zero-order valence-electron chi connectivity index (χ0n) is 16.3. The second-order valence-corrected chi connectivity index (χ2v) is 7.90. The lowest BCUT2D eigenvalue weighted by Crippen LogP contribution is -2.40. The van der Waals surface area contributed by atoms with Crippen molar-refractivity contribution in [3.8, 4) is 0 Å². The third-order valence-corrected chi connectivity index (χ3v) is 4.29. The molecule has 0 spiro atoms. The molecule has 0 saturated carbocycles. The van der Waals surface area contributed by atoms with Crippen molar-refractivity contribution < 1.29 is 14.3 Å². The summed E-state index contributed by atoms with van der Waals surface area (Å²) in [6.07, 6.45) is 0.575. The number of hydrogen-bond donors (Lipinski definition) is 2. The molecular formula is C20H26N4O3. The van der Waals surface area contributed by atoms with E-state index < -0.39 is 5.60 Å². The van der Waals surface area contributed by atoms with Crippen molar-refractivity contribution >= 4 is 17.8 Å². The summed E-state index contributed by atoms with van der Waals surface area (Å²) in [6.45, 7) is 8.46. The number of anilines is 1. The van der Waals surface area contributed by atoms with Gasteiger partial charge in [0, 0.05) is 12.1 Å². The van der Waals surface area contributed by atoms with E-state index in [0.29, 0.717) is 31.7 Å². The zero-order chi connectivity index (χ0) is 19.6. The molecule has 1 aromatic carbocycles. The molecule has 0 fully saturated rings. The summed E-state index contributed by atoms with van der Waals surface area (Å²) in [5.74, 6) is 0.441. The number of carbonyl (C=O) groups excluding carboxylic acids is 2. The zero-order valence-corrected chi connectivity index (χ0v) is 16.3. The number of ether oxygens (including phenoxy) is 1. The van der Waals surface area contributed by atoms with Crippen molar-refractivity contribution in [1.82, 2.24) is 15.1 Å². The molecule has 1 aliphatic heterocycles. The van der Waals surface area contributed by atoms with E-state index in [1.807, 2.05) is 52.0 Å². The molecule has 0 radical (unpaired) electrons. The number of H-pyrrole nitrogens is 1. The number of nitrogens with one attached hydrogen (secondary N) is 2. The van der Waals surface area contributed by atoms with Crippen LogP contribution in [0.3, 0.4) is 0 Å². The Morgan fingerprint density at radius 1 is 1.33 bits per heavy atom. The smallest absolute Gasteiger partial charge is 0.410 e. The summed E-state index contributed by atoms with van der Waals surface area (Å²) in [7, 11) is 0. The van der Waals surface area contributed by atoms with Gasteiger partial charge in [-0.05, 0) is 39.7 Å². The van der Waals surface area contributed by atoms with Gasteiger partial charge in [0.25, 0.3) is 0 Å². The molecule has 0 unspecified atom stereocenters. The van der Waals surface area contributed by atoms with E-state index >= 15 is 0 Å². The fourth-order valence-electron chi connectivity index (χ4n) is 3.09. The molecule has 144 valence electrons. The summed E-state index contributed by atoms with van der Waals surface area (Å²) >= 11 is 0. The molecule has 2 N–H and O–H groups in total. The lowest BCUT2D eigenvalue weighted by Gasteiger charge is -2.29. The van der Waals surface area contributed by atoms with Gasteiger partial charge in [-0.15, -0.1) is 0 Å². The second kappa shape index (κ2) is 7.42. The predicted octanol–water partition coefficient (Wildman–Crippen LogP) is 3.19. The summed E-state index contributed by atoms with van der Waals surface area (Å²) < 4.78 is 5.42. The molecule has 7 heteroatoms. The minimum atomic E-state index is -0.528. The van der Waals surface area contributed by atoms with Crippen molar-refractivity contribution in [2.45, 2.75) is 52.7 Å². The molecule has 2 heterocycles. The number of hydrogen-bond acceptors (Lipinski definition) is 4. The highest BCUT2D eigenvalue weighted by molar-refractivity contribution is 5.92. The van der Waals surface area contributed by atoms with Gasteiger partial charge in [-0.2, -0.15) is 5.10 Å². The molecule has 0 atom stereocenters. The van der Waals surface area contributed by atoms with Crippen LogP contribution in [0.15, 0.2) is 24.3 Å². The Kier molecular flexibility index (Phi) is 5.21. The molecule has 2 aromatic rings. The van der Waals surface area contributed by atoms with E-state index in [0.717, 1.165) is 22.4 Å². The van der Waals surface area contributed by atoms with Crippen molar-refractivity contribution in [1.29, 1.82) is 0 Å². The Bertz CT molecular complexity index is 851. The highest BCUT2D eigenvalue weighted by Gasteiger charge is 2.28. The first-order valence-electron chi connectivity index (χ1n) is 9.11. The number of rotatable bonds is 3. The summed E-state index contributed by atoms with van der Waals surface area (Å²) in [5, 5.41) is 10.1. The molecule has 0 saturated heterocycles. The summed E-state index contributed by atoms with van der Waals surface area (Å²) in [5.41, 5.74) is 3.35. The molecular weight excluding hydrogens is 344 g/mol. The minimum absolute atomic E-state index is 0.107. The Morgan fingerprint density at radius 2 is 2.11 bits per heavy atom. The Hall–Kier alpha value is -2.83. The van der Waals surface area contributed by atoms with Crippen molar-refractivity contribution in [2.24, 2.45) is 0 Å². The molecule has 2 amide bonds. The van der Waals surface area contributed by atoms with Gasteiger partial charge >= 0.3 is 6.09 Å². The number of benzene rings is 1. The Labute approximate surface area is 159 Å². The highest BCUT2D eigenvalue weighted by Crippen LogP contribution is 2.25. The van der Waals surface area contributed by atoms with Crippen LogP contribution in [0.5, 0.6) is 0 Å². The topological polar surface area (TPSA) is 87.3 Å². The Balaban J connectivity index is 1.63. The maximum absolute atomic E-state index is 12.4. The van der Waals surface area contributed by atoms with Crippen LogP contribution in [0.25, 0.3) is 0 Å². The summed E-state index contributed by atoms with van der Waals surface area (Å²) in [4.78, 5) is 26.2. The number of aromatic amines is 1. The van der Waals surface area contributed by atoms with Gasteiger partial charge in [0.1, 0.15) is 5.60 Å². The number of fused-ring (bicyclic) bond motifs is 1. The predicted molar refractivity (Wildman–Crippen MR) is 102 cm³/mol. The van der Waals surface area contributed by atoms with Crippen LogP contribution in [-0.4, -0.2) is 39.2 Å². The van der Waals surface area contributed by atoms with Crippen LogP contribution in [-0.2, 0) is 28.9 Å². The van der Waals surface area contributed by atoms with Gasteiger partial charge in [-0.25, -0.2) is 4.79 Å². The number of aromatic nitrogens is 2. The molecule has 1 aliphatic rings. The Morgan fingerprint density at radius 3 is 2.81 bits per heavy atom. The van der Waals surface area contributed by atoms with Gasteiger partial charge in [0.15, 0.2) is 5.82 Å². The van der Waals surface area contributed by atoms with Gasteiger partial charge in [0.05, 0.1) is 18.7 Å². The SMILES string of the molecule is Cc1cccc(CC(=O)Nc2n[nH]c3c2CCN(C(=O)OC(C)(C)C)C3)c1. The second-order valence-electron chi connectivity index (χ2n) is 7.90. The van der Waals surface area contributed by atoms with E-state index in [4.69, 9.17) is 4.74 Å². The molecule has 7 nitrogen and oxygen atoms in total. The first-order valence-corrected chi connectivity index (χ1v) is 9.11. The van der Waals surface area contributed by atoms with Gasteiger partial charge in [0.2, 0.25) is 5.91 Å². The molecule has 3 rings (SSSR count). The van der Waals surface area contributed by atoms with E-state index in [-0.39, 0.29) is 12.0 Å². The maximum atomic E-state index is 12.4. The van der Waals surface area contributed by atoms with Gasteiger partial charge < -0.3 is 15.0 Å². The van der Waals surface area contributed by atoms with E-state index in [1.54, 1.807) is 4.90 Å².